The average molecular weight is 341 g/mol. The molecule has 2 aromatic carbocycles. The highest BCUT2D eigenvalue weighted by atomic mass is 16.5. The maximum Gasteiger partial charge on any atom is 0.248 e. The molecule has 6 heteroatoms. The fraction of sp³-hybridized carbons (Fsp3) is 0.263. The van der Waals surface area contributed by atoms with Crippen molar-refractivity contribution < 1.29 is 14.3 Å². The Morgan fingerprint density at radius 1 is 1.12 bits per heavy atom. The van der Waals surface area contributed by atoms with Gasteiger partial charge in [0.25, 0.3) is 0 Å². The molecule has 132 valence electrons. The van der Waals surface area contributed by atoms with E-state index < -0.39 is 6.04 Å². The van der Waals surface area contributed by atoms with Gasteiger partial charge in [-0.15, -0.1) is 0 Å². The number of carbonyl (C=O) groups excluding carboxylic acids is 2. The summed E-state index contributed by atoms with van der Waals surface area (Å²) in [6, 6.07) is 14.2. The molecule has 0 aliphatic rings. The number of likely N-dealkylation sites (N-methyl/N-ethyl adjacent to an activating group) is 1. The van der Waals surface area contributed by atoms with Gasteiger partial charge in [0.2, 0.25) is 11.8 Å². The van der Waals surface area contributed by atoms with Crippen LogP contribution in [0.15, 0.2) is 48.5 Å². The third kappa shape index (κ3) is 4.73. The summed E-state index contributed by atoms with van der Waals surface area (Å²) in [4.78, 5) is 25.5. The Bertz CT molecular complexity index is 747. The average Bonchev–Trinajstić information content (AvgIpc) is 2.61. The SMILES string of the molecule is COc1ccc(NC(C)=O)cc1N[C@H](C)C(=O)N(C)c1ccccc1. The van der Waals surface area contributed by atoms with E-state index in [1.807, 2.05) is 30.3 Å². The quantitative estimate of drug-likeness (QED) is 0.847. The molecule has 2 aromatic rings. The molecule has 6 nitrogen and oxygen atoms in total. The van der Waals surface area contributed by atoms with Gasteiger partial charge in [0.1, 0.15) is 11.8 Å². The first-order valence-corrected chi connectivity index (χ1v) is 7.97. The van der Waals surface area contributed by atoms with Crippen molar-refractivity contribution in [2.45, 2.75) is 19.9 Å². The van der Waals surface area contributed by atoms with E-state index in [1.54, 1.807) is 44.2 Å². The van der Waals surface area contributed by atoms with Gasteiger partial charge in [-0.05, 0) is 37.3 Å². The molecular formula is C19H23N3O3. The molecule has 2 amide bonds. The van der Waals surface area contributed by atoms with Crippen LogP contribution in [0.25, 0.3) is 0 Å². The van der Waals surface area contributed by atoms with E-state index in [9.17, 15) is 9.59 Å². The highest BCUT2D eigenvalue weighted by Crippen LogP contribution is 2.28. The summed E-state index contributed by atoms with van der Waals surface area (Å²) in [7, 11) is 3.29. The lowest BCUT2D eigenvalue weighted by molar-refractivity contribution is -0.118. The summed E-state index contributed by atoms with van der Waals surface area (Å²) < 4.78 is 5.33. The van der Waals surface area contributed by atoms with Gasteiger partial charge < -0.3 is 20.3 Å². The predicted molar refractivity (Wildman–Crippen MR) is 100 cm³/mol. The fourth-order valence-corrected chi connectivity index (χ4v) is 2.47. The highest BCUT2D eigenvalue weighted by molar-refractivity contribution is 5.98. The van der Waals surface area contributed by atoms with Gasteiger partial charge in [0, 0.05) is 25.3 Å². The Kier molecular flexibility index (Phi) is 6.00. The minimum atomic E-state index is -0.480. The molecule has 0 heterocycles. The van der Waals surface area contributed by atoms with E-state index >= 15 is 0 Å². The van der Waals surface area contributed by atoms with E-state index in [0.717, 1.165) is 5.69 Å². The maximum absolute atomic E-state index is 12.7. The third-order valence-electron chi connectivity index (χ3n) is 3.74. The highest BCUT2D eigenvalue weighted by Gasteiger charge is 2.20. The normalized spacial score (nSPS) is 11.4. The zero-order chi connectivity index (χ0) is 18.4. The van der Waals surface area contributed by atoms with Crippen molar-refractivity contribution >= 4 is 28.9 Å². The minimum Gasteiger partial charge on any atom is -0.495 e. The molecule has 0 spiro atoms. The van der Waals surface area contributed by atoms with Crippen LogP contribution in [0.4, 0.5) is 17.1 Å². The third-order valence-corrected chi connectivity index (χ3v) is 3.74. The first-order valence-electron chi connectivity index (χ1n) is 7.97. The van der Waals surface area contributed by atoms with Crippen LogP contribution in [0, 0.1) is 0 Å². The fourth-order valence-electron chi connectivity index (χ4n) is 2.47. The Hall–Kier alpha value is -3.02. The number of para-hydroxylation sites is 1. The minimum absolute atomic E-state index is 0.0850. The second-order valence-corrected chi connectivity index (χ2v) is 5.70. The van der Waals surface area contributed by atoms with Gasteiger partial charge in [-0.25, -0.2) is 0 Å². The number of anilines is 3. The molecule has 0 unspecified atom stereocenters. The Labute approximate surface area is 147 Å². The number of hydrogen-bond acceptors (Lipinski definition) is 4. The topological polar surface area (TPSA) is 70.7 Å². The van der Waals surface area contributed by atoms with E-state index in [2.05, 4.69) is 10.6 Å². The molecule has 0 radical (unpaired) electrons. The number of hydrogen-bond donors (Lipinski definition) is 2. The maximum atomic E-state index is 12.7. The molecule has 0 saturated carbocycles. The monoisotopic (exact) mass is 341 g/mol. The van der Waals surface area contributed by atoms with Crippen molar-refractivity contribution in [3.63, 3.8) is 0 Å². The molecule has 2 rings (SSSR count). The van der Waals surface area contributed by atoms with Crippen molar-refractivity contribution in [1.82, 2.24) is 0 Å². The van der Waals surface area contributed by atoms with E-state index in [4.69, 9.17) is 4.74 Å². The zero-order valence-corrected chi connectivity index (χ0v) is 14.9. The molecule has 25 heavy (non-hydrogen) atoms. The zero-order valence-electron chi connectivity index (χ0n) is 14.9. The number of amides is 2. The molecule has 0 saturated heterocycles. The van der Waals surface area contributed by atoms with Crippen LogP contribution in [0.1, 0.15) is 13.8 Å². The van der Waals surface area contributed by atoms with Crippen molar-refractivity contribution in [2.75, 3.05) is 29.7 Å². The van der Waals surface area contributed by atoms with Crippen molar-refractivity contribution in [2.24, 2.45) is 0 Å². The van der Waals surface area contributed by atoms with Gasteiger partial charge in [0.05, 0.1) is 12.8 Å². The van der Waals surface area contributed by atoms with Crippen molar-refractivity contribution in [1.29, 1.82) is 0 Å². The van der Waals surface area contributed by atoms with Crippen LogP contribution in [0.5, 0.6) is 5.75 Å². The predicted octanol–water partition coefficient (Wildman–Crippen LogP) is 3.12. The number of methoxy groups -OCH3 is 1. The summed E-state index contributed by atoms with van der Waals surface area (Å²) >= 11 is 0. The van der Waals surface area contributed by atoms with Gasteiger partial charge >= 0.3 is 0 Å². The van der Waals surface area contributed by atoms with Gasteiger partial charge in [-0.2, -0.15) is 0 Å². The van der Waals surface area contributed by atoms with E-state index in [0.29, 0.717) is 17.1 Å². The number of rotatable bonds is 6. The standard InChI is InChI=1S/C19H23N3O3/c1-13(19(24)22(3)16-8-6-5-7-9-16)20-17-12-15(21-14(2)23)10-11-18(17)25-4/h5-13,20H,1-4H3,(H,21,23)/t13-/m1/s1. The van der Waals surface area contributed by atoms with Crippen LogP contribution < -0.4 is 20.3 Å². The molecule has 0 aliphatic heterocycles. The second-order valence-electron chi connectivity index (χ2n) is 5.70. The molecule has 0 bridgehead atoms. The molecule has 0 aliphatic carbocycles. The van der Waals surface area contributed by atoms with Crippen molar-refractivity contribution in [3.05, 3.63) is 48.5 Å². The van der Waals surface area contributed by atoms with Crippen LogP contribution >= 0.6 is 0 Å². The molecule has 0 aromatic heterocycles. The molecule has 0 fully saturated rings. The smallest absolute Gasteiger partial charge is 0.248 e. The lowest BCUT2D eigenvalue weighted by Crippen LogP contribution is -2.39. The first kappa shape index (κ1) is 18.3. The van der Waals surface area contributed by atoms with Gasteiger partial charge in [0.15, 0.2) is 0 Å². The Morgan fingerprint density at radius 2 is 1.80 bits per heavy atom. The Balaban J connectivity index is 2.17. The summed E-state index contributed by atoms with van der Waals surface area (Å²) in [6.07, 6.45) is 0. The number of ether oxygens (including phenoxy) is 1. The lowest BCUT2D eigenvalue weighted by Gasteiger charge is -2.24. The summed E-state index contributed by atoms with van der Waals surface area (Å²) in [6.45, 7) is 3.23. The number of carbonyl (C=O) groups is 2. The second kappa shape index (κ2) is 8.19. The Morgan fingerprint density at radius 3 is 2.40 bits per heavy atom. The summed E-state index contributed by atoms with van der Waals surface area (Å²) in [5.41, 5.74) is 2.09. The van der Waals surface area contributed by atoms with Crippen LogP contribution in [0.2, 0.25) is 0 Å². The molecular weight excluding hydrogens is 318 g/mol. The first-order chi connectivity index (χ1) is 11.9. The van der Waals surface area contributed by atoms with Gasteiger partial charge in [-0.3, -0.25) is 9.59 Å². The lowest BCUT2D eigenvalue weighted by atomic mass is 10.2. The largest absolute Gasteiger partial charge is 0.495 e. The number of nitrogens with zero attached hydrogens (tertiary/aromatic N) is 1. The van der Waals surface area contributed by atoms with Crippen LogP contribution in [-0.4, -0.2) is 32.0 Å². The summed E-state index contributed by atoms with van der Waals surface area (Å²) in [5.74, 6) is 0.346. The van der Waals surface area contributed by atoms with E-state index in [1.165, 1.54) is 6.92 Å². The van der Waals surface area contributed by atoms with Gasteiger partial charge in [-0.1, -0.05) is 18.2 Å². The molecule has 2 N–H and O–H groups in total. The molecule has 1 atom stereocenters. The van der Waals surface area contributed by atoms with Crippen molar-refractivity contribution in [3.8, 4) is 5.75 Å². The van der Waals surface area contributed by atoms with E-state index in [-0.39, 0.29) is 11.8 Å². The van der Waals surface area contributed by atoms with Crippen LogP contribution in [-0.2, 0) is 9.59 Å². The van der Waals surface area contributed by atoms with Crippen LogP contribution in [0.3, 0.4) is 0 Å². The number of benzene rings is 2. The number of nitrogens with one attached hydrogen (secondary N) is 2. The summed E-state index contributed by atoms with van der Waals surface area (Å²) in [5, 5.41) is 5.88.